The molecule has 0 atom stereocenters. The Kier molecular flexibility index (Phi) is 10.5. The van der Waals surface area contributed by atoms with Gasteiger partial charge in [0, 0.05) is 35.0 Å². The van der Waals surface area contributed by atoms with E-state index in [0.717, 1.165) is 11.3 Å². The second-order valence-corrected chi connectivity index (χ2v) is 14.3. The van der Waals surface area contributed by atoms with Crippen LogP contribution in [0.25, 0.3) is 5.69 Å². The first-order valence-electron chi connectivity index (χ1n) is 14.1. The van der Waals surface area contributed by atoms with Crippen LogP contribution < -0.4 is 14.9 Å². The van der Waals surface area contributed by atoms with Gasteiger partial charge in [-0.2, -0.15) is 0 Å². The van der Waals surface area contributed by atoms with Crippen molar-refractivity contribution >= 4 is 51.0 Å². The summed E-state index contributed by atoms with van der Waals surface area (Å²) in [5.41, 5.74) is 5.06. The van der Waals surface area contributed by atoms with E-state index < -0.39 is 21.5 Å². The van der Waals surface area contributed by atoms with Crippen molar-refractivity contribution in [2.24, 2.45) is 0 Å². The zero-order valence-corrected chi connectivity index (χ0v) is 28.4. The quantitative estimate of drug-likeness (QED) is 0.188. The van der Waals surface area contributed by atoms with Crippen LogP contribution in [0.2, 0.25) is 10.0 Å². The Hall–Kier alpha value is -3.33. The molecule has 2 N–H and O–H groups in total. The largest absolute Gasteiger partial charge is 0.495 e. The van der Waals surface area contributed by atoms with Crippen LogP contribution in [0.4, 0.5) is 9.18 Å². The fraction of sp³-hybridized carbons (Fsp3) is 0.290. The van der Waals surface area contributed by atoms with Crippen LogP contribution in [-0.2, 0) is 25.9 Å². The minimum Gasteiger partial charge on any atom is -0.495 e. The molecule has 15 heteroatoms. The summed E-state index contributed by atoms with van der Waals surface area (Å²) in [6, 6.07) is 15.1. The summed E-state index contributed by atoms with van der Waals surface area (Å²) >= 11 is 14.2. The van der Waals surface area contributed by atoms with Crippen LogP contribution in [0.1, 0.15) is 30.7 Å². The molecule has 4 aromatic rings. The van der Waals surface area contributed by atoms with Gasteiger partial charge in [0.25, 0.3) is 10.0 Å². The topological polar surface area (TPSA) is 115 Å². The zero-order valence-electron chi connectivity index (χ0n) is 25.2. The van der Waals surface area contributed by atoms with Gasteiger partial charge in [-0.3, -0.25) is 9.99 Å². The molecule has 10 nitrogen and oxygen atoms in total. The van der Waals surface area contributed by atoms with Gasteiger partial charge in [-0.25, -0.2) is 32.3 Å². The number of hydrogen-bond acceptors (Lipinski definition) is 8. The van der Waals surface area contributed by atoms with Crippen LogP contribution in [0.3, 0.4) is 0 Å². The predicted octanol–water partition coefficient (Wildman–Crippen LogP) is 6.18. The molecular formula is C31H32Cl2FN5O5S2. The molecule has 1 aromatic heterocycles. The van der Waals surface area contributed by atoms with Crippen LogP contribution in [0.5, 0.6) is 5.75 Å². The highest BCUT2D eigenvalue weighted by Crippen LogP contribution is 2.39. The number of carbonyl (C=O) groups excluding carboxylic acids is 1. The van der Waals surface area contributed by atoms with Gasteiger partial charge >= 0.3 is 6.03 Å². The van der Waals surface area contributed by atoms with E-state index in [-0.39, 0.29) is 15.7 Å². The average molecular weight is 709 g/mol. The first kappa shape index (κ1) is 34.0. The number of urea groups is 1. The molecule has 0 aliphatic carbocycles. The van der Waals surface area contributed by atoms with Crippen molar-refractivity contribution in [3.63, 3.8) is 0 Å². The Morgan fingerprint density at radius 1 is 1.07 bits per heavy atom. The van der Waals surface area contributed by atoms with Gasteiger partial charge < -0.3 is 9.47 Å². The minimum absolute atomic E-state index is 0.154. The molecule has 1 aliphatic heterocycles. The number of methoxy groups -OCH3 is 1. The second-order valence-electron chi connectivity index (χ2n) is 10.9. The van der Waals surface area contributed by atoms with Gasteiger partial charge in [-0.15, -0.1) is 0 Å². The molecule has 2 heterocycles. The number of amides is 2. The fourth-order valence-electron chi connectivity index (χ4n) is 4.89. The molecule has 1 aliphatic rings. The van der Waals surface area contributed by atoms with Gasteiger partial charge in [-0.05, 0) is 59.7 Å². The standard InChI is InChI=1S/C31H32Cl2FN5O5S2/c1-31(2,21-5-11-25(32)27(16-21)43-3)28-18-35-30(39(28)23-8-6-22(34)7-9-23)45-19-20-4-10-24(17-26(20)33)46(41,42)37-29(40)36-38-12-14-44-15-13-38/h4-11,16-18H,12-15,19H2,1-3H3,(H2,36,37,40). The maximum atomic E-state index is 13.9. The third-order valence-corrected chi connectivity index (χ3v) is 10.5. The van der Waals surface area contributed by atoms with Crippen molar-refractivity contribution in [3.8, 4) is 11.4 Å². The van der Waals surface area contributed by atoms with Crippen molar-refractivity contribution in [2.75, 3.05) is 33.4 Å². The molecule has 2 amide bonds. The SMILES string of the molecule is COc1cc(C(C)(C)c2cnc(SCc3ccc(S(=O)(=O)NC(=O)NN4CCOCC4)cc3Cl)n2-c2ccc(F)cc2)ccc1Cl. The van der Waals surface area contributed by atoms with E-state index in [9.17, 15) is 17.6 Å². The minimum atomic E-state index is -4.19. The molecule has 0 saturated carbocycles. The molecule has 3 aromatic carbocycles. The third-order valence-electron chi connectivity index (χ3n) is 7.52. The Morgan fingerprint density at radius 3 is 2.46 bits per heavy atom. The number of rotatable bonds is 10. The summed E-state index contributed by atoms with van der Waals surface area (Å²) in [4.78, 5) is 16.9. The molecule has 0 bridgehead atoms. The molecule has 1 saturated heterocycles. The van der Waals surface area contributed by atoms with Crippen molar-refractivity contribution in [3.05, 3.63) is 99.5 Å². The molecule has 0 unspecified atom stereocenters. The molecule has 0 spiro atoms. The molecular weight excluding hydrogens is 676 g/mol. The van der Waals surface area contributed by atoms with Gasteiger partial charge in [0.05, 0.1) is 42.1 Å². The Balaban J connectivity index is 1.38. The first-order valence-corrected chi connectivity index (χ1v) is 17.4. The van der Waals surface area contributed by atoms with E-state index in [0.29, 0.717) is 59.2 Å². The van der Waals surface area contributed by atoms with Crippen LogP contribution in [0, 0.1) is 5.82 Å². The maximum Gasteiger partial charge on any atom is 0.343 e. The Morgan fingerprint density at radius 2 is 1.78 bits per heavy atom. The number of aromatic nitrogens is 2. The van der Waals surface area contributed by atoms with Gasteiger partial charge in [0.1, 0.15) is 11.6 Å². The highest BCUT2D eigenvalue weighted by molar-refractivity contribution is 7.98. The number of carbonyl (C=O) groups is 1. The number of sulfonamides is 1. The molecule has 5 rings (SSSR count). The average Bonchev–Trinajstić information content (AvgIpc) is 3.46. The van der Waals surface area contributed by atoms with E-state index in [4.69, 9.17) is 37.7 Å². The lowest BCUT2D eigenvalue weighted by molar-refractivity contribution is 0.0200. The van der Waals surface area contributed by atoms with Crippen molar-refractivity contribution in [2.45, 2.75) is 35.1 Å². The number of morpholine rings is 1. The lowest BCUT2D eigenvalue weighted by Gasteiger charge is -2.28. The van der Waals surface area contributed by atoms with E-state index >= 15 is 0 Å². The highest BCUT2D eigenvalue weighted by atomic mass is 35.5. The Labute approximate surface area is 281 Å². The van der Waals surface area contributed by atoms with E-state index in [1.165, 1.54) is 36.0 Å². The maximum absolute atomic E-state index is 13.9. The number of nitrogens with one attached hydrogen (secondary N) is 2. The monoisotopic (exact) mass is 707 g/mol. The fourth-order valence-corrected chi connectivity index (χ4v) is 7.40. The lowest BCUT2D eigenvalue weighted by atomic mass is 9.81. The van der Waals surface area contributed by atoms with Crippen molar-refractivity contribution in [1.29, 1.82) is 0 Å². The molecule has 244 valence electrons. The number of nitrogens with zero attached hydrogens (tertiary/aromatic N) is 3. The lowest BCUT2D eigenvalue weighted by Crippen LogP contribution is -2.52. The molecule has 0 radical (unpaired) electrons. The summed E-state index contributed by atoms with van der Waals surface area (Å²) in [6.07, 6.45) is 1.78. The number of imidazole rings is 1. The number of halogens is 3. The first-order chi connectivity index (χ1) is 21.9. The number of thioether (sulfide) groups is 1. The second kappa shape index (κ2) is 14.2. The molecule has 1 fully saturated rings. The summed E-state index contributed by atoms with van der Waals surface area (Å²) < 4.78 is 54.3. The summed E-state index contributed by atoms with van der Waals surface area (Å²) in [5.74, 6) is 0.524. The van der Waals surface area contributed by atoms with Crippen molar-refractivity contribution in [1.82, 2.24) is 24.7 Å². The van der Waals surface area contributed by atoms with E-state index in [1.54, 1.807) is 42.6 Å². The van der Waals surface area contributed by atoms with Gasteiger partial charge in [-0.1, -0.05) is 60.9 Å². The summed E-state index contributed by atoms with van der Waals surface area (Å²) in [6.45, 7) is 5.85. The summed E-state index contributed by atoms with van der Waals surface area (Å²) in [5, 5.41) is 2.90. The molecule has 46 heavy (non-hydrogen) atoms. The Bertz CT molecular complexity index is 1830. The summed E-state index contributed by atoms with van der Waals surface area (Å²) in [7, 11) is -2.63. The third kappa shape index (κ3) is 7.62. The van der Waals surface area contributed by atoms with Crippen molar-refractivity contribution < 1.29 is 27.1 Å². The number of hydrazine groups is 1. The van der Waals surface area contributed by atoms with Crippen LogP contribution in [-0.4, -0.2) is 62.4 Å². The normalized spacial score (nSPS) is 14.2. The van der Waals surface area contributed by atoms with Crippen LogP contribution in [0.15, 0.2) is 76.9 Å². The van der Waals surface area contributed by atoms with Gasteiger partial charge in [0.15, 0.2) is 5.16 Å². The number of benzene rings is 3. The van der Waals surface area contributed by atoms with Crippen LogP contribution >= 0.6 is 35.0 Å². The number of hydrogen-bond donors (Lipinski definition) is 2. The highest BCUT2D eigenvalue weighted by Gasteiger charge is 2.30. The number of ether oxygens (including phenoxy) is 2. The predicted molar refractivity (Wildman–Crippen MR) is 176 cm³/mol. The zero-order chi connectivity index (χ0) is 33.1. The van der Waals surface area contributed by atoms with Gasteiger partial charge in [0.2, 0.25) is 0 Å². The smallest absolute Gasteiger partial charge is 0.343 e. The van der Waals surface area contributed by atoms with E-state index in [1.807, 2.05) is 35.3 Å². The van der Waals surface area contributed by atoms with E-state index in [2.05, 4.69) is 5.43 Å².